The second kappa shape index (κ2) is 6.87. The fourth-order valence-electron chi connectivity index (χ4n) is 1.60. The molecular weight excluding hydrogens is 279 g/mol. The maximum absolute atomic E-state index is 13.5. The van der Waals surface area contributed by atoms with Crippen molar-refractivity contribution in [2.45, 2.75) is 6.61 Å². The number of hydrogen-bond donors (Lipinski definition) is 0. The molecule has 2 aromatic rings. The molecule has 0 aliphatic heterocycles. The molecule has 0 bridgehead atoms. The fourth-order valence-corrected chi connectivity index (χ4v) is 1.82. The standard InChI is InChI=1S/C16H12ClFO2/c17-14-7-4-8-15(18)13(14)9-10-16(19)20-11-12-5-2-1-3-6-12/h1-10H,11H2/b10-9+. The Labute approximate surface area is 121 Å². The largest absolute Gasteiger partial charge is 0.458 e. The van der Waals surface area contributed by atoms with Crippen molar-refractivity contribution >= 4 is 23.6 Å². The Balaban J connectivity index is 1.96. The van der Waals surface area contributed by atoms with Gasteiger partial charge in [0.25, 0.3) is 0 Å². The quantitative estimate of drug-likeness (QED) is 0.622. The van der Waals surface area contributed by atoms with Gasteiger partial charge in [-0.05, 0) is 23.8 Å². The van der Waals surface area contributed by atoms with Crippen LogP contribution in [0.25, 0.3) is 6.08 Å². The van der Waals surface area contributed by atoms with Crippen LogP contribution in [0.3, 0.4) is 0 Å². The Morgan fingerprint density at radius 2 is 1.90 bits per heavy atom. The molecule has 0 aromatic heterocycles. The second-order valence-corrected chi connectivity index (χ2v) is 4.47. The Morgan fingerprint density at radius 1 is 1.15 bits per heavy atom. The van der Waals surface area contributed by atoms with Gasteiger partial charge < -0.3 is 4.74 Å². The Kier molecular flexibility index (Phi) is 4.91. The molecule has 0 amide bonds. The van der Waals surface area contributed by atoms with Crippen LogP contribution in [-0.2, 0) is 16.1 Å². The summed E-state index contributed by atoms with van der Waals surface area (Å²) in [6.45, 7) is 0.176. The van der Waals surface area contributed by atoms with Crippen molar-refractivity contribution < 1.29 is 13.9 Å². The highest BCUT2D eigenvalue weighted by Crippen LogP contribution is 2.20. The molecule has 0 aliphatic carbocycles. The van der Waals surface area contributed by atoms with E-state index in [1.807, 2.05) is 30.3 Å². The fraction of sp³-hybridized carbons (Fsp3) is 0.0625. The third-order valence-corrected chi connectivity index (χ3v) is 2.94. The van der Waals surface area contributed by atoms with Gasteiger partial charge in [-0.1, -0.05) is 48.0 Å². The van der Waals surface area contributed by atoms with Crippen LogP contribution in [0.1, 0.15) is 11.1 Å². The molecule has 0 spiro atoms. The molecular formula is C16H12ClFO2. The molecule has 102 valence electrons. The van der Waals surface area contributed by atoms with Gasteiger partial charge in [0, 0.05) is 11.6 Å². The molecule has 2 nitrogen and oxygen atoms in total. The van der Waals surface area contributed by atoms with E-state index in [4.69, 9.17) is 16.3 Å². The Bertz CT molecular complexity index is 603. The third kappa shape index (κ3) is 3.93. The molecule has 2 aromatic carbocycles. The van der Waals surface area contributed by atoms with Gasteiger partial charge in [0.05, 0.1) is 5.02 Å². The van der Waals surface area contributed by atoms with Gasteiger partial charge in [0.2, 0.25) is 0 Å². The van der Waals surface area contributed by atoms with Crippen LogP contribution in [0.2, 0.25) is 5.02 Å². The van der Waals surface area contributed by atoms with Crippen molar-refractivity contribution in [3.8, 4) is 0 Å². The van der Waals surface area contributed by atoms with E-state index in [0.717, 1.165) is 11.6 Å². The van der Waals surface area contributed by atoms with Gasteiger partial charge in [-0.15, -0.1) is 0 Å². The molecule has 20 heavy (non-hydrogen) atoms. The van der Waals surface area contributed by atoms with Crippen molar-refractivity contribution in [3.63, 3.8) is 0 Å². The molecule has 0 atom stereocenters. The summed E-state index contributed by atoms with van der Waals surface area (Å²) in [7, 11) is 0. The minimum atomic E-state index is -0.548. The molecule has 0 heterocycles. The van der Waals surface area contributed by atoms with Crippen LogP contribution in [-0.4, -0.2) is 5.97 Å². The minimum Gasteiger partial charge on any atom is -0.458 e. The molecule has 0 N–H and O–H groups in total. The number of carbonyl (C=O) groups is 1. The van der Waals surface area contributed by atoms with Crippen LogP contribution < -0.4 is 0 Å². The van der Waals surface area contributed by atoms with Crippen LogP contribution >= 0.6 is 11.6 Å². The zero-order chi connectivity index (χ0) is 14.4. The summed E-state index contributed by atoms with van der Waals surface area (Å²) < 4.78 is 18.5. The van der Waals surface area contributed by atoms with E-state index in [1.165, 1.54) is 18.2 Å². The van der Waals surface area contributed by atoms with E-state index in [2.05, 4.69) is 0 Å². The average Bonchev–Trinajstić information content (AvgIpc) is 2.46. The van der Waals surface area contributed by atoms with Crippen LogP contribution in [0.5, 0.6) is 0 Å². The summed E-state index contributed by atoms with van der Waals surface area (Å²) in [6, 6.07) is 13.6. The lowest BCUT2D eigenvalue weighted by molar-refractivity contribution is -0.138. The number of esters is 1. The first-order valence-corrected chi connectivity index (χ1v) is 6.37. The Morgan fingerprint density at radius 3 is 2.60 bits per heavy atom. The lowest BCUT2D eigenvalue weighted by atomic mass is 10.2. The molecule has 4 heteroatoms. The highest BCUT2D eigenvalue weighted by Gasteiger charge is 2.04. The zero-order valence-electron chi connectivity index (χ0n) is 10.6. The molecule has 2 rings (SSSR count). The van der Waals surface area contributed by atoms with E-state index >= 15 is 0 Å². The molecule has 0 saturated heterocycles. The van der Waals surface area contributed by atoms with Gasteiger partial charge >= 0.3 is 5.97 Å². The summed E-state index contributed by atoms with van der Waals surface area (Å²) in [6.07, 6.45) is 2.47. The van der Waals surface area contributed by atoms with Gasteiger partial charge in [0.15, 0.2) is 0 Å². The number of benzene rings is 2. The summed E-state index contributed by atoms with van der Waals surface area (Å²) >= 11 is 5.84. The summed E-state index contributed by atoms with van der Waals surface area (Å²) in [4.78, 5) is 11.5. The van der Waals surface area contributed by atoms with Gasteiger partial charge in [-0.25, -0.2) is 9.18 Å². The lowest BCUT2D eigenvalue weighted by Crippen LogP contribution is -2.00. The highest BCUT2D eigenvalue weighted by molar-refractivity contribution is 6.32. The van der Waals surface area contributed by atoms with E-state index in [0.29, 0.717) is 0 Å². The second-order valence-electron chi connectivity index (χ2n) is 4.06. The number of carbonyl (C=O) groups excluding carboxylic acids is 1. The monoisotopic (exact) mass is 290 g/mol. The average molecular weight is 291 g/mol. The molecule has 0 saturated carbocycles. The Hall–Kier alpha value is -2.13. The maximum atomic E-state index is 13.5. The van der Waals surface area contributed by atoms with Crippen molar-refractivity contribution in [2.24, 2.45) is 0 Å². The van der Waals surface area contributed by atoms with Crippen LogP contribution in [0, 0.1) is 5.82 Å². The van der Waals surface area contributed by atoms with Crippen molar-refractivity contribution in [1.29, 1.82) is 0 Å². The molecule has 0 unspecified atom stereocenters. The smallest absolute Gasteiger partial charge is 0.331 e. The predicted molar refractivity (Wildman–Crippen MR) is 76.7 cm³/mol. The van der Waals surface area contributed by atoms with E-state index < -0.39 is 11.8 Å². The first-order chi connectivity index (χ1) is 9.66. The number of ether oxygens (including phenoxy) is 1. The van der Waals surface area contributed by atoms with Crippen LogP contribution in [0.15, 0.2) is 54.6 Å². The SMILES string of the molecule is O=C(/C=C/c1c(F)cccc1Cl)OCc1ccccc1. The lowest BCUT2D eigenvalue weighted by Gasteiger charge is -2.02. The topological polar surface area (TPSA) is 26.3 Å². The minimum absolute atomic E-state index is 0.172. The molecule has 0 radical (unpaired) electrons. The van der Waals surface area contributed by atoms with Crippen molar-refractivity contribution in [2.75, 3.05) is 0 Å². The van der Waals surface area contributed by atoms with Gasteiger partial charge in [0.1, 0.15) is 12.4 Å². The normalized spacial score (nSPS) is 10.7. The van der Waals surface area contributed by atoms with Gasteiger partial charge in [-0.3, -0.25) is 0 Å². The zero-order valence-corrected chi connectivity index (χ0v) is 11.3. The number of halogens is 2. The van der Waals surface area contributed by atoms with Crippen molar-refractivity contribution in [3.05, 3.63) is 76.6 Å². The van der Waals surface area contributed by atoms with Crippen LogP contribution in [0.4, 0.5) is 4.39 Å². The summed E-state index contributed by atoms with van der Waals surface area (Å²) in [5.74, 6) is -1.03. The molecule has 0 aliphatic rings. The van der Waals surface area contributed by atoms with Crippen molar-refractivity contribution in [1.82, 2.24) is 0 Å². The first kappa shape index (κ1) is 14.3. The first-order valence-electron chi connectivity index (χ1n) is 5.99. The van der Waals surface area contributed by atoms with E-state index in [-0.39, 0.29) is 17.2 Å². The third-order valence-electron chi connectivity index (χ3n) is 2.61. The number of hydrogen-bond acceptors (Lipinski definition) is 2. The number of rotatable bonds is 4. The highest BCUT2D eigenvalue weighted by atomic mass is 35.5. The van der Waals surface area contributed by atoms with E-state index in [9.17, 15) is 9.18 Å². The summed E-state index contributed by atoms with van der Waals surface area (Å²) in [5, 5.41) is 0.247. The van der Waals surface area contributed by atoms with E-state index in [1.54, 1.807) is 6.07 Å². The predicted octanol–water partition coefficient (Wildman–Crippen LogP) is 4.24. The maximum Gasteiger partial charge on any atom is 0.331 e. The summed E-state index contributed by atoms with van der Waals surface area (Å²) in [5.41, 5.74) is 1.06. The molecule has 0 fully saturated rings. The van der Waals surface area contributed by atoms with Gasteiger partial charge in [-0.2, -0.15) is 0 Å².